The van der Waals surface area contributed by atoms with Gasteiger partial charge in [0.2, 0.25) is 0 Å². The first-order valence-electron chi connectivity index (χ1n) is 4.52. The van der Waals surface area contributed by atoms with Gasteiger partial charge in [0.25, 0.3) is 0 Å². The van der Waals surface area contributed by atoms with E-state index in [1.807, 2.05) is 0 Å². The summed E-state index contributed by atoms with van der Waals surface area (Å²) in [6.45, 7) is 4.46. The van der Waals surface area contributed by atoms with Crippen LogP contribution in [0.25, 0.3) is 0 Å². The van der Waals surface area contributed by atoms with E-state index in [0.717, 1.165) is 23.8 Å². The van der Waals surface area contributed by atoms with Gasteiger partial charge >= 0.3 is 0 Å². The summed E-state index contributed by atoms with van der Waals surface area (Å²) in [6.07, 6.45) is 0. The summed E-state index contributed by atoms with van der Waals surface area (Å²) < 4.78 is 30.9. The van der Waals surface area contributed by atoms with Crippen molar-refractivity contribution in [1.82, 2.24) is 5.32 Å². The minimum Gasteiger partial charge on any atom is -0.486 e. The second-order valence-corrected chi connectivity index (χ2v) is 3.14. The average molecular weight is 213 g/mol. The Morgan fingerprint density at radius 3 is 2.87 bits per heavy atom. The van der Waals surface area contributed by atoms with Gasteiger partial charge in [0, 0.05) is 12.6 Å². The Morgan fingerprint density at radius 1 is 1.47 bits per heavy atom. The summed E-state index contributed by atoms with van der Waals surface area (Å²) in [5.74, 6) is -1.19. The standard InChI is InChI=1S/C11H13F2NO/c1-8(6-14-2)7-15-11-5-9(12)3-4-10(11)13/h3-5,14H,1,6-7H2,2H3. The predicted octanol–water partition coefficient (Wildman–Crippen LogP) is 2.12. The van der Waals surface area contributed by atoms with Crippen LogP contribution in [0, 0.1) is 11.6 Å². The van der Waals surface area contributed by atoms with Crippen molar-refractivity contribution in [3.63, 3.8) is 0 Å². The van der Waals surface area contributed by atoms with Crippen molar-refractivity contribution in [3.05, 3.63) is 42.0 Å². The van der Waals surface area contributed by atoms with Crippen molar-refractivity contribution >= 4 is 0 Å². The number of nitrogens with one attached hydrogen (secondary N) is 1. The van der Waals surface area contributed by atoms with E-state index >= 15 is 0 Å². The normalized spacial score (nSPS) is 10.1. The highest BCUT2D eigenvalue weighted by Gasteiger charge is 2.05. The van der Waals surface area contributed by atoms with Gasteiger partial charge in [0.1, 0.15) is 12.4 Å². The van der Waals surface area contributed by atoms with Crippen LogP contribution in [0.1, 0.15) is 0 Å². The second-order valence-electron chi connectivity index (χ2n) is 3.14. The van der Waals surface area contributed by atoms with Gasteiger partial charge in [-0.05, 0) is 24.8 Å². The molecule has 4 heteroatoms. The number of hydrogen-bond donors (Lipinski definition) is 1. The van der Waals surface area contributed by atoms with Crippen molar-refractivity contribution in [2.45, 2.75) is 0 Å². The Hall–Kier alpha value is -1.42. The van der Waals surface area contributed by atoms with Crippen LogP contribution in [0.4, 0.5) is 8.78 Å². The lowest BCUT2D eigenvalue weighted by Crippen LogP contribution is -2.14. The van der Waals surface area contributed by atoms with Crippen LogP contribution in [0.2, 0.25) is 0 Å². The molecule has 15 heavy (non-hydrogen) atoms. The third kappa shape index (κ3) is 3.67. The molecule has 1 aromatic carbocycles. The zero-order valence-electron chi connectivity index (χ0n) is 8.52. The molecule has 0 spiro atoms. The van der Waals surface area contributed by atoms with Crippen molar-refractivity contribution in [2.24, 2.45) is 0 Å². The van der Waals surface area contributed by atoms with Gasteiger partial charge in [-0.25, -0.2) is 8.78 Å². The summed E-state index contributed by atoms with van der Waals surface area (Å²) in [5.41, 5.74) is 0.765. The average Bonchev–Trinajstić information content (AvgIpc) is 2.20. The first kappa shape index (κ1) is 11.7. The SMILES string of the molecule is C=C(CNC)COc1cc(F)ccc1F. The highest BCUT2D eigenvalue weighted by molar-refractivity contribution is 5.25. The molecule has 0 fully saturated rings. The summed E-state index contributed by atoms with van der Waals surface area (Å²) in [5, 5.41) is 2.88. The van der Waals surface area contributed by atoms with Crippen molar-refractivity contribution in [1.29, 1.82) is 0 Å². The molecule has 0 heterocycles. The van der Waals surface area contributed by atoms with E-state index in [-0.39, 0.29) is 12.4 Å². The Morgan fingerprint density at radius 2 is 2.20 bits per heavy atom. The molecule has 0 unspecified atom stereocenters. The summed E-state index contributed by atoms with van der Waals surface area (Å²) in [6, 6.07) is 3.10. The molecule has 2 nitrogen and oxygen atoms in total. The minimum absolute atomic E-state index is 0.0905. The fourth-order valence-electron chi connectivity index (χ4n) is 1.07. The molecule has 1 rings (SSSR count). The van der Waals surface area contributed by atoms with Crippen LogP contribution in [0.5, 0.6) is 5.75 Å². The number of hydrogen-bond acceptors (Lipinski definition) is 2. The molecular weight excluding hydrogens is 200 g/mol. The minimum atomic E-state index is -0.575. The van der Waals surface area contributed by atoms with Crippen LogP contribution in [0.3, 0.4) is 0 Å². The van der Waals surface area contributed by atoms with Crippen LogP contribution >= 0.6 is 0 Å². The topological polar surface area (TPSA) is 21.3 Å². The molecule has 0 aliphatic rings. The highest BCUT2D eigenvalue weighted by Crippen LogP contribution is 2.18. The van der Waals surface area contributed by atoms with E-state index in [1.165, 1.54) is 0 Å². The van der Waals surface area contributed by atoms with E-state index in [0.29, 0.717) is 6.54 Å². The summed E-state index contributed by atoms with van der Waals surface area (Å²) in [7, 11) is 1.77. The maximum Gasteiger partial charge on any atom is 0.165 e. The Kier molecular flexibility index (Phi) is 4.24. The highest BCUT2D eigenvalue weighted by atomic mass is 19.1. The summed E-state index contributed by atoms with van der Waals surface area (Å²) in [4.78, 5) is 0. The van der Waals surface area contributed by atoms with Crippen LogP contribution in [-0.2, 0) is 0 Å². The Balaban J connectivity index is 2.57. The van der Waals surface area contributed by atoms with Gasteiger partial charge < -0.3 is 10.1 Å². The quantitative estimate of drug-likeness (QED) is 0.756. The molecule has 0 atom stereocenters. The third-order valence-corrected chi connectivity index (χ3v) is 1.75. The molecule has 82 valence electrons. The molecule has 0 bridgehead atoms. The maximum absolute atomic E-state index is 13.1. The van der Waals surface area contributed by atoms with E-state index < -0.39 is 11.6 Å². The lowest BCUT2D eigenvalue weighted by atomic mass is 10.3. The lowest BCUT2D eigenvalue weighted by Gasteiger charge is -2.08. The number of ether oxygens (including phenoxy) is 1. The molecule has 0 saturated heterocycles. The first-order valence-corrected chi connectivity index (χ1v) is 4.52. The van der Waals surface area contributed by atoms with Gasteiger partial charge in [-0.2, -0.15) is 0 Å². The lowest BCUT2D eigenvalue weighted by molar-refractivity contribution is 0.327. The molecule has 1 N–H and O–H groups in total. The van der Waals surface area contributed by atoms with Crippen LogP contribution < -0.4 is 10.1 Å². The third-order valence-electron chi connectivity index (χ3n) is 1.75. The maximum atomic E-state index is 13.1. The zero-order chi connectivity index (χ0) is 11.3. The molecule has 0 aliphatic carbocycles. The van der Waals surface area contributed by atoms with Gasteiger partial charge in [-0.15, -0.1) is 0 Å². The number of halogens is 2. The van der Waals surface area contributed by atoms with E-state index in [1.54, 1.807) is 7.05 Å². The van der Waals surface area contributed by atoms with E-state index in [2.05, 4.69) is 11.9 Å². The van der Waals surface area contributed by atoms with Crippen LogP contribution in [-0.4, -0.2) is 20.2 Å². The van der Waals surface area contributed by atoms with Crippen molar-refractivity contribution in [3.8, 4) is 5.75 Å². The van der Waals surface area contributed by atoms with E-state index in [4.69, 9.17) is 4.74 Å². The molecular formula is C11H13F2NO. The zero-order valence-corrected chi connectivity index (χ0v) is 8.52. The van der Waals surface area contributed by atoms with Crippen molar-refractivity contribution < 1.29 is 13.5 Å². The van der Waals surface area contributed by atoms with Gasteiger partial charge in [-0.3, -0.25) is 0 Å². The fraction of sp³-hybridized carbons (Fsp3) is 0.273. The van der Waals surface area contributed by atoms with Gasteiger partial charge in [0.15, 0.2) is 11.6 Å². The van der Waals surface area contributed by atoms with Crippen molar-refractivity contribution in [2.75, 3.05) is 20.2 Å². The summed E-state index contributed by atoms with van der Waals surface area (Å²) >= 11 is 0. The molecule has 0 radical (unpaired) electrons. The molecule has 0 saturated carbocycles. The molecule has 1 aromatic rings. The smallest absolute Gasteiger partial charge is 0.165 e. The van der Waals surface area contributed by atoms with Gasteiger partial charge in [0.05, 0.1) is 0 Å². The Labute approximate surface area is 87.6 Å². The largest absolute Gasteiger partial charge is 0.486 e. The molecule has 0 aliphatic heterocycles. The van der Waals surface area contributed by atoms with Crippen LogP contribution in [0.15, 0.2) is 30.4 Å². The predicted molar refractivity (Wildman–Crippen MR) is 54.9 cm³/mol. The molecule has 0 aromatic heterocycles. The number of likely N-dealkylation sites (N-methyl/N-ethyl adjacent to an activating group) is 1. The Bertz CT molecular complexity index is 352. The number of rotatable bonds is 5. The molecule has 0 amide bonds. The van der Waals surface area contributed by atoms with E-state index in [9.17, 15) is 8.78 Å². The fourth-order valence-corrected chi connectivity index (χ4v) is 1.07. The van der Waals surface area contributed by atoms with Gasteiger partial charge in [-0.1, -0.05) is 6.58 Å². The number of benzene rings is 1. The second kappa shape index (κ2) is 5.46. The first-order chi connectivity index (χ1) is 7.13. The monoisotopic (exact) mass is 213 g/mol.